The Morgan fingerprint density at radius 2 is 1.61 bits per heavy atom. The topological polar surface area (TPSA) is 48.2 Å². The average Bonchev–Trinajstić information content (AvgIpc) is 2.74. The Morgan fingerprint density at radius 1 is 1.04 bits per heavy atom. The summed E-state index contributed by atoms with van der Waals surface area (Å²) in [6, 6.07) is 5.53. The second-order valence-electron chi connectivity index (χ2n) is 5.63. The number of hydrogen-bond acceptors (Lipinski definition) is 3. The van der Waals surface area contributed by atoms with Crippen molar-refractivity contribution in [2.24, 2.45) is 10.3 Å². The van der Waals surface area contributed by atoms with E-state index in [0.717, 1.165) is 5.56 Å². The van der Waals surface area contributed by atoms with E-state index in [-0.39, 0.29) is 11.2 Å². The van der Waals surface area contributed by atoms with Crippen molar-refractivity contribution in [3.8, 4) is 5.75 Å². The van der Waals surface area contributed by atoms with Gasteiger partial charge in [0, 0.05) is 18.0 Å². The summed E-state index contributed by atoms with van der Waals surface area (Å²) in [5, 5.41) is 20.1. The number of rotatable bonds is 2. The molecule has 1 aliphatic rings. The summed E-state index contributed by atoms with van der Waals surface area (Å²) in [5.74, 6) is 0.185. The van der Waals surface area contributed by atoms with Gasteiger partial charge in [0.15, 0.2) is 0 Å². The quantitative estimate of drug-likeness (QED) is 0.587. The van der Waals surface area contributed by atoms with Crippen LogP contribution in [-0.4, -0.2) is 10.1 Å². The molecular formula is C16H19Cl2N3OZr. The van der Waals surface area contributed by atoms with Gasteiger partial charge in [0.25, 0.3) is 0 Å². The summed E-state index contributed by atoms with van der Waals surface area (Å²) in [4.78, 5) is 0. The Labute approximate surface area is 155 Å². The van der Waals surface area contributed by atoms with E-state index in [1.807, 2.05) is 36.4 Å². The molecule has 4 nitrogen and oxygen atoms in total. The molecule has 0 radical (unpaired) electrons. The van der Waals surface area contributed by atoms with Gasteiger partial charge in [0.2, 0.25) is 0 Å². The molecule has 0 spiro atoms. The van der Waals surface area contributed by atoms with Crippen LogP contribution in [0.3, 0.4) is 0 Å². The van der Waals surface area contributed by atoms with Crippen molar-refractivity contribution < 1.29 is 26.0 Å². The molecule has 1 N–H and O–H groups in total. The third-order valence-corrected chi connectivity index (χ3v) is 2.89. The summed E-state index contributed by atoms with van der Waals surface area (Å²) in [7, 11) is 9.87. The van der Waals surface area contributed by atoms with Crippen molar-refractivity contribution in [1.82, 2.24) is 5.01 Å². The number of benzene rings is 1. The van der Waals surface area contributed by atoms with Crippen LogP contribution in [0.5, 0.6) is 5.75 Å². The minimum absolute atomic E-state index is 0.137. The molecule has 1 heterocycles. The van der Waals surface area contributed by atoms with Crippen LogP contribution in [0.1, 0.15) is 26.3 Å². The Kier molecular flexibility index (Phi) is 8.82. The minimum atomic E-state index is -0.826. The van der Waals surface area contributed by atoms with E-state index in [2.05, 4.69) is 31.1 Å². The molecule has 0 unspecified atom stereocenters. The summed E-state index contributed by atoms with van der Waals surface area (Å²) in [6.45, 7) is 6.15. The van der Waals surface area contributed by atoms with Crippen molar-refractivity contribution in [2.75, 3.05) is 0 Å². The number of halogens is 2. The average molecular weight is 431 g/mol. The maximum absolute atomic E-state index is 10.3. The van der Waals surface area contributed by atoms with Gasteiger partial charge in [0.05, 0.1) is 0 Å². The van der Waals surface area contributed by atoms with Crippen molar-refractivity contribution in [2.45, 2.75) is 26.2 Å². The van der Waals surface area contributed by atoms with Crippen molar-refractivity contribution >= 4 is 22.7 Å². The van der Waals surface area contributed by atoms with Crippen LogP contribution in [0.2, 0.25) is 0 Å². The molecule has 1 aromatic carbocycles. The molecule has 122 valence electrons. The van der Waals surface area contributed by atoms with Gasteiger partial charge in [-0.3, -0.25) is 0 Å². The molecule has 23 heavy (non-hydrogen) atoms. The Bertz CT molecular complexity index is 606. The zero-order chi connectivity index (χ0) is 17.3. The van der Waals surface area contributed by atoms with E-state index >= 15 is 0 Å². The second kappa shape index (κ2) is 10.1. The van der Waals surface area contributed by atoms with Crippen LogP contribution in [0.25, 0.3) is 0 Å². The Morgan fingerprint density at radius 3 is 2.13 bits per heavy atom. The molecule has 0 aliphatic carbocycles. The van der Waals surface area contributed by atoms with Gasteiger partial charge in [-0.15, -0.1) is 5.11 Å². The van der Waals surface area contributed by atoms with E-state index in [9.17, 15) is 5.11 Å². The monoisotopic (exact) mass is 429 g/mol. The van der Waals surface area contributed by atoms with E-state index in [1.165, 1.54) is 0 Å². The van der Waals surface area contributed by atoms with Gasteiger partial charge in [0.1, 0.15) is 11.4 Å². The van der Waals surface area contributed by atoms with Crippen LogP contribution in [0, 0.1) is 0 Å². The molecule has 0 amide bonds. The third kappa shape index (κ3) is 7.03. The predicted octanol–water partition coefficient (Wildman–Crippen LogP) is 5.96. The van der Waals surface area contributed by atoms with E-state index in [1.54, 1.807) is 23.5 Å². The number of hydrogen-bond donors (Lipinski definition) is 1. The van der Waals surface area contributed by atoms with Gasteiger partial charge >= 0.3 is 37.9 Å². The van der Waals surface area contributed by atoms with Gasteiger partial charge in [-0.1, -0.05) is 50.3 Å². The normalized spacial score (nSPS) is 13.7. The van der Waals surface area contributed by atoms with Crippen LogP contribution in [0.4, 0.5) is 5.69 Å². The number of aromatic hydroxyl groups is 1. The van der Waals surface area contributed by atoms with E-state index < -0.39 is 20.8 Å². The van der Waals surface area contributed by atoms with Crippen LogP contribution in [0.15, 0.2) is 65.2 Å². The number of phenolic OH excluding ortho intramolecular Hbond substituents is 1. The zero-order valence-electron chi connectivity index (χ0n) is 13.2. The van der Waals surface area contributed by atoms with Gasteiger partial charge < -0.3 is 5.11 Å². The van der Waals surface area contributed by atoms with Crippen LogP contribution >= 0.6 is 17.0 Å². The van der Waals surface area contributed by atoms with E-state index in [0.29, 0.717) is 5.69 Å². The second-order valence-corrected chi connectivity index (χ2v) is 9.36. The molecule has 0 saturated heterocycles. The number of phenols is 1. The molecule has 0 bridgehead atoms. The van der Waals surface area contributed by atoms with Crippen LogP contribution < -0.4 is 0 Å². The molecule has 0 fully saturated rings. The maximum atomic E-state index is 10.3. The molecule has 2 rings (SSSR count). The summed E-state index contributed by atoms with van der Waals surface area (Å²) < 4.78 is 0. The molecular weight excluding hydrogens is 412 g/mol. The first-order valence-corrected chi connectivity index (χ1v) is 13.2. The van der Waals surface area contributed by atoms with Crippen molar-refractivity contribution in [3.63, 3.8) is 0 Å². The van der Waals surface area contributed by atoms with Crippen molar-refractivity contribution in [1.29, 1.82) is 0 Å². The first-order valence-electron chi connectivity index (χ1n) is 6.90. The van der Waals surface area contributed by atoms with E-state index in [4.69, 9.17) is 17.0 Å². The Hall–Kier alpha value is -0.897. The zero-order valence-corrected chi connectivity index (χ0v) is 17.2. The molecule has 0 atom stereocenters. The summed E-state index contributed by atoms with van der Waals surface area (Å²) in [6.07, 6.45) is 11.1. The van der Waals surface area contributed by atoms with Gasteiger partial charge in [-0.05, 0) is 23.6 Å². The third-order valence-electron chi connectivity index (χ3n) is 2.89. The summed E-state index contributed by atoms with van der Waals surface area (Å²) >= 11 is -0.826. The standard InChI is InChI=1S/C16H19N3O.2ClH.Zr/c1-16(2,3)13-9-8-10-14(15(13)20)17-18-19-11-6-4-5-7-12-19;;;/h4-12,20H,1-3H3;2*1H;/q;;;+2/p-2. The SMILES string of the molecule is CC(C)(C)c1cccc(N=NN2C=CC=CC=C2)c1O.[Cl][Zr][Cl]. The van der Waals surface area contributed by atoms with Gasteiger partial charge in [-0.25, -0.2) is 5.01 Å². The first-order chi connectivity index (χ1) is 10.9. The fraction of sp³-hybridized carbons (Fsp3) is 0.250. The molecule has 0 aromatic heterocycles. The first kappa shape index (κ1) is 20.1. The predicted molar refractivity (Wildman–Crippen MR) is 92.3 cm³/mol. The van der Waals surface area contributed by atoms with Crippen LogP contribution in [-0.2, 0) is 26.3 Å². The van der Waals surface area contributed by atoms with Crippen molar-refractivity contribution in [3.05, 3.63) is 60.5 Å². The fourth-order valence-corrected chi connectivity index (χ4v) is 1.83. The molecule has 1 aromatic rings. The fourth-order valence-electron chi connectivity index (χ4n) is 1.83. The number of allylic oxidation sites excluding steroid dienone is 4. The number of para-hydroxylation sites is 1. The van der Waals surface area contributed by atoms with Gasteiger partial charge in [-0.2, -0.15) is 0 Å². The summed E-state index contributed by atoms with van der Waals surface area (Å²) in [5.41, 5.74) is 1.19. The molecule has 0 saturated carbocycles. The molecule has 7 heteroatoms. The molecule has 1 aliphatic heterocycles. The number of nitrogens with zero attached hydrogens (tertiary/aromatic N) is 3. The Balaban J connectivity index is 0.000000816.